The van der Waals surface area contributed by atoms with E-state index >= 15 is 0 Å². The number of aromatic nitrogens is 1. The summed E-state index contributed by atoms with van der Waals surface area (Å²) in [7, 11) is 0. The second-order valence-corrected chi connectivity index (χ2v) is 6.60. The van der Waals surface area contributed by atoms with Crippen molar-refractivity contribution in [3.8, 4) is 11.8 Å². The third-order valence-corrected chi connectivity index (χ3v) is 4.87. The third kappa shape index (κ3) is 3.70. The van der Waals surface area contributed by atoms with E-state index < -0.39 is 46.7 Å². The van der Waals surface area contributed by atoms with E-state index in [0.717, 1.165) is 12.1 Å². The monoisotopic (exact) mass is 385 g/mol. The summed E-state index contributed by atoms with van der Waals surface area (Å²) in [5, 5.41) is 13.0. The number of hydrogen-bond acceptors (Lipinski definition) is 5. The average Bonchev–Trinajstić information content (AvgIpc) is 2.91. The van der Waals surface area contributed by atoms with E-state index in [1.165, 1.54) is 6.92 Å². The minimum atomic E-state index is -2.83. The Labute approximate surface area is 153 Å². The lowest BCUT2D eigenvalue weighted by molar-refractivity contribution is -0.145. The standard InChI is InChI=1S/C18H18F3NO5/c1-4-26-15(23)11(19)9-13-17(2,3)18(13,16(24)25)7-5-6-10-8-12(14(20)21)27-22-10/h8-9,13-14H,4,7H2,1-3H3,(H,24,25)/t13-,18-/m0/s1. The molecule has 1 N–H and O–H groups in total. The van der Waals surface area contributed by atoms with E-state index in [2.05, 4.69) is 26.3 Å². The lowest BCUT2D eigenvalue weighted by atomic mass is 9.92. The number of ether oxygens (including phenoxy) is 1. The maximum atomic E-state index is 14.0. The van der Waals surface area contributed by atoms with Gasteiger partial charge in [0.2, 0.25) is 11.6 Å². The van der Waals surface area contributed by atoms with Gasteiger partial charge in [-0.3, -0.25) is 4.79 Å². The number of alkyl halides is 2. The van der Waals surface area contributed by atoms with Gasteiger partial charge in [-0.1, -0.05) is 24.9 Å². The summed E-state index contributed by atoms with van der Waals surface area (Å²) in [5.74, 6) is 0.0915. The Bertz CT molecular complexity index is 834. The van der Waals surface area contributed by atoms with Crippen LogP contribution in [0.4, 0.5) is 13.2 Å². The molecule has 9 heteroatoms. The van der Waals surface area contributed by atoms with Gasteiger partial charge in [-0.2, -0.15) is 4.39 Å². The van der Waals surface area contributed by atoms with Gasteiger partial charge < -0.3 is 14.4 Å². The van der Waals surface area contributed by atoms with Crippen molar-refractivity contribution in [1.29, 1.82) is 0 Å². The molecular weight excluding hydrogens is 367 g/mol. The summed E-state index contributed by atoms with van der Waals surface area (Å²) in [5.41, 5.74) is -2.37. The Morgan fingerprint density at radius 3 is 2.67 bits per heavy atom. The largest absolute Gasteiger partial charge is 0.481 e. The Morgan fingerprint density at radius 1 is 1.48 bits per heavy atom. The Hall–Kier alpha value is -2.76. The van der Waals surface area contributed by atoms with Gasteiger partial charge in [0.05, 0.1) is 12.0 Å². The summed E-state index contributed by atoms with van der Waals surface area (Å²) in [4.78, 5) is 23.3. The molecule has 0 spiro atoms. The van der Waals surface area contributed by atoms with E-state index in [4.69, 9.17) is 0 Å². The van der Waals surface area contributed by atoms with Crippen LogP contribution in [-0.2, 0) is 14.3 Å². The van der Waals surface area contributed by atoms with Gasteiger partial charge in [-0.05, 0) is 24.3 Å². The summed E-state index contributed by atoms with van der Waals surface area (Å²) < 4.78 is 47.8. The van der Waals surface area contributed by atoms with Gasteiger partial charge in [-0.25, -0.2) is 13.6 Å². The molecule has 1 aromatic rings. The Balaban J connectivity index is 2.23. The zero-order valence-corrected chi connectivity index (χ0v) is 14.9. The van der Waals surface area contributed by atoms with Crippen molar-refractivity contribution in [3.63, 3.8) is 0 Å². The van der Waals surface area contributed by atoms with Crippen LogP contribution in [0.2, 0.25) is 0 Å². The van der Waals surface area contributed by atoms with Crippen molar-refractivity contribution >= 4 is 11.9 Å². The van der Waals surface area contributed by atoms with Crippen molar-refractivity contribution < 1.29 is 37.1 Å². The molecule has 2 atom stereocenters. The average molecular weight is 385 g/mol. The van der Waals surface area contributed by atoms with Crippen molar-refractivity contribution in [2.75, 3.05) is 6.61 Å². The second-order valence-electron chi connectivity index (χ2n) is 6.60. The molecule has 1 saturated carbocycles. The fourth-order valence-corrected chi connectivity index (χ4v) is 3.21. The zero-order chi connectivity index (χ0) is 20.4. The lowest BCUT2D eigenvalue weighted by Crippen LogP contribution is -2.21. The number of carbonyl (C=O) groups excluding carboxylic acids is 1. The molecule has 0 aliphatic heterocycles. The van der Waals surface area contributed by atoms with Crippen LogP contribution in [0.25, 0.3) is 0 Å². The van der Waals surface area contributed by atoms with Crippen molar-refractivity contribution in [2.24, 2.45) is 16.7 Å². The SMILES string of the molecule is CCOC(=O)C(F)=C[C@H]1C(C)(C)[C@]1(CC#Cc1cc(C(F)F)on1)C(=O)O. The molecule has 0 radical (unpaired) electrons. The van der Waals surface area contributed by atoms with Gasteiger partial charge in [0, 0.05) is 18.4 Å². The summed E-state index contributed by atoms with van der Waals surface area (Å²) >= 11 is 0. The molecular formula is C18H18F3NO5. The molecule has 146 valence electrons. The van der Waals surface area contributed by atoms with Gasteiger partial charge in [0.25, 0.3) is 6.43 Å². The predicted molar refractivity (Wildman–Crippen MR) is 86.1 cm³/mol. The highest BCUT2D eigenvalue weighted by atomic mass is 19.3. The highest BCUT2D eigenvalue weighted by Crippen LogP contribution is 2.71. The van der Waals surface area contributed by atoms with Gasteiger partial charge in [0.15, 0.2) is 5.69 Å². The number of carboxylic acid groups (broad SMARTS) is 1. The highest BCUT2D eigenvalue weighted by Gasteiger charge is 2.74. The first-order valence-electron chi connectivity index (χ1n) is 8.09. The number of carbonyl (C=O) groups is 2. The van der Waals surface area contributed by atoms with E-state index in [9.17, 15) is 27.9 Å². The Morgan fingerprint density at radius 2 is 2.15 bits per heavy atom. The van der Waals surface area contributed by atoms with Crippen LogP contribution in [0.15, 0.2) is 22.5 Å². The van der Waals surface area contributed by atoms with Crippen LogP contribution in [0.5, 0.6) is 0 Å². The van der Waals surface area contributed by atoms with Crippen LogP contribution in [0.1, 0.15) is 45.1 Å². The molecule has 0 unspecified atom stereocenters. The summed E-state index contributed by atoms with van der Waals surface area (Å²) in [6, 6.07) is 0.959. The van der Waals surface area contributed by atoms with Gasteiger partial charge in [-0.15, -0.1) is 0 Å². The maximum absolute atomic E-state index is 14.0. The van der Waals surface area contributed by atoms with Crippen LogP contribution < -0.4 is 0 Å². The number of esters is 1. The molecule has 0 aromatic carbocycles. The highest BCUT2D eigenvalue weighted by molar-refractivity contribution is 5.87. The first-order valence-corrected chi connectivity index (χ1v) is 8.09. The fourth-order valence-electron chi connectivity index (χ4n) is 3.21. The van der Waals surface area contributed by atoms with Gasteiger partial charge in [0.1, 0.15) is 0 Å². The molecule has 1 fully saturated rings. The van der Waals surface area contributed by atoms with Crippen LogP contribution in [-0.4, -0.2) is 28.8 Å². The molecule has 6 nitrogen and oxygen atoms in total. The van der Waals surface area contributed by atoms with E-state index in [-0.39, 0.29) is 18.7 Å². The zero-order valence-electron chi connectivity index (χ0n) is 14.9. The molecule has 0 bridgehead atoms. The van der Waals surface area contributed by atoms with Crippen LogP contribution in [0.3, 0.4) is 0 Å². The van der Waals surface area contributed by atoms with Crippen LogP contribution in [0, 0.1) is 28.6 Å². The molecule has 0 saturated heterocycles. The molecule has 1 aliphatic rings. The first-order chi connectivity index (χ1) is 12.6. The maximum Gasteiger partial charge on any atom is 0.366 e. The molecule has 0 amide bonds. The van der Waals surface area contributed by atoms with Crippen molar-refractivity contribution in [1.82, 2.24) is 5.16 Å². The van der Waals surface area contributed by atoms with E-state index in [1.807, 2.05) is 0 Å². The summed E-state index contributed by atoms with van der Waals surface area (Å²) in [6.45, 7) is 4.75. The number of nitrogens with zero attached hydrogens (tertiary/aromatic N) is 1. The van der Waals surface area contributed by atoms with Crippen molar-refractivity contribution in [3.05, 3.63) is 29.4 Å². The Kier molecular flexibility index (Phi) is 5.68. The van der Waals surface area contributed by atoms with Gasteiger partial charge >= 0.3 is 11.9 Å². The normalized spacial score (nSPS) is 23.5. The lowest BCUT2D eigenvalue weighted by Gasteiger charge is -2.11. The number of aliphatic carboxylic acids is 1. The third-order valence-electron chi connectivity index (χ3n) is 4.87. The number of rotatable bonds is 6. The smallest absolute Gasteiger partial charge is 0.366 e. The molecule has 1 heterocycles. The molecule has 1 aliphatic carbocycles. The molecule has 1 aromatic heterocycles. The summed E-state index contributed by atoms with van der Waals surface area (Å²) in [6.07, 6.45) is -2.08. The number of hydrogen-bond donors (Lipinski definition) is 1. The molecule has 2 rings (SSSR count). The minimum absolute atomic E-state index is 0.0119. The quantitative estimate of drug-likeness (QED) is 0.458. The fraction of sp³-hybridized carbons (Fsp3) is 0.500. The number of halogens is 3. The number of allylic oxidation sites excluding steroid dienone is 1. The van der Waals surface area contributed by atoms with E-state index in [0.29, 0.717) is 0 Å². The van der Waals surface area contributed by atoms with E-state index in [1.54, 1.807) is 13.8 Å². The minimum Gasteiger partial charge on any atom is -0.481 e. The van der Waals surface area contributed by atoms with Crippen molar-refractivity contribution in [2.45, 2.75) is 33.6 Å². The van der Waals surface area contributed by atoms with Crippen LogP contribution >= 0.6 is 0 Å². The number of carboxylic acids is 1. The first kappa shape index (κ1) is 20.6. The second kappa shape index (κ2) is 7.47. The molecule has 27 heavy (non-hydrogen) atoms. The predicted octanol–water partition coefficient (Wildman–Crippen LogP) is 3.50. The topological polar surface area (TPSA) is 89.6 Å².